The third-order valence-electron chi connectivity index (χ3n) is 5.44. The van der Waals surface area contributed by atoms with Gasteiger partial charge in [-0.05, 0) is 65.4 Å². The minimum atomic E-state index is -0.844. The lowest BCUT2D eigenvalue weighted by atomic mass is 10.0. The van der Waals surface area contributed by atoms with Crippen molar-refractivity contribution in [1.29, 1.82) is 0 Å². The number of alkyl carbamates (subject to hydrolysis) is 1. The highest BCUT2D eigenvalue weighted by molar-refractivity contribution is 5.81. The second kappa shape index (κ2) is 11.1. The van der Waals surface area contributed by atoms with E-state index in [0.717, 1.165) is 25.0 Å². The number of unbranched alkanes of at least 4 members (excludes halogenated alkanes) is 1. The Balaban J connectivity index is 1.96. The van der Waals surface area contributed by atoms with E-state index in [9.17, 15) is 14.4 Å². The summed E-state index contributed by atoms with van der Waals surface area (Å²) < 4.78 is 18.4. The Morgan fingerprint density at radius 1 is 1.36 bits per heavy atom. The molecule has 3 unspecified atom stereocenters. The summed E-state index contributed by atoms with van der Waals surface area (Å²) in [6, 6.07) is 1.01. The smallest absolute Gasteiger partial charge is 0.408 e. The van der Waals surface area contributed by atoms with E-state index in [4.69, 9.17) is 14.2 Å². The Kier molecular flexibility index (Phi) is 9.05. The maximum absolute atomic E-state index is 12.7. The van der Waals surface area contributed by atoms with E-state index >= 15 is 0 Å². The maximum atomic E-state index is 12.7. The number of ether oxygens (including phenoxy) is 3. The van der Waals surface area contributed by atoms with Crippen LogP contribution in [0.1, 0.15) is 86.1 Å². The quantitative estimate of drug-likeness (QED) is 0.553. The van der Waals surface area contributed by atoms with Crippen molar-refractivity contribution >= 4 is 12.1 Å². The molecule has 1 aromatic heterocycles. The Bertz CT molecular complexity index is 876. The van der Waals surface area contributed by atoms with Crippen molar-refractivity contribution in [2.75, 3.05) is 6.61 Å². The highest BCUT2D eigenvalue weighted by atomic mass is 16.6. The van der Waals surface area contributed by atoms with Crippen molar-refractivity contribution in [3.8, 4) is 0 Å². The number of rotatable bonds is 9. The number of amides is 1. The molecule has 0 radical (unpaired) electrons. The summed E-state index contributed by atoms with van der Waals surface area (Å²) in [5, 5.41) is 2.59. The predicted molar refractivity (Wildman–Crippen MR) is 124 cm³/mol. The van der Waals surface area contributed by atoms with E-state index in [2.05, 4.69) is 17.2 Å². The molecule has 9 heteroatoms. The van der Waals surface area contributed by atoms with Crippen LogP contribution in [0.2, 0.25) is 0 Å². The second-order valence-electron chi connectivity index (χ2n) is 10.2. The number of carbonyl (C=O) groups is 2. The van der Waals surface area contributed by atoms with E-state index in [1.54, 1.807) is 27.0 Å². The lowest BCUT2D eigenvalue weighted by Crippen LogP contribution is -2.48. The molecule has 1 fully saturated rings. The van der Waals surface area contributed by atoms with Crippen molar-refractivity contribution in [2.45, 2.75) is 104 Å². The molecule has 0 aromatic carbocycles. The van der Waals surface area contributed by atoms with Gasteiger partial charge in [-0.2, -0.15) is 4.98 Å². The fraction of sp³-hybridized carbons (Fsp3) is 0.750. The third-order valence-corrected chi connectivity index (χ3v) is 5.44. The lowest BCUT2D eigenvalue weighted by molar-refractivity contribution is -0.159. The summed E-state index contributed by atoms with van der Waals surface area (Å²) in [5.74, 6) is -0.741. The standard InChI is InChI=1S/C24H39N3O6/c1-8-9-10-17-12-14-27(21(29)25-17)18-11-13-24(7,32-18)15-31-20(28)19(16(2)3)26-22(30)33-23(4,5)6/h12,14,16,18-19H,8-11,13,15H2,1-7H3,(H,26,30). The van der Waals surface area contributed by atoms with E-state index in [-0.39, 0.29) is 18.2 Å². The molecule has 1 amide bonds. The average molecular weight is 466 g/mol. The first-order valence-corrected chi connectivity index (χ1v) is 11.8. The molecule has 0 bridgehead atoms. The molecule has 1 saturated heterocycles. The highest BCUT2D eigenvalue weighted by Gasteiger charge is 2.39. The molecule has 0 aliphatic carbocycles. The van der Waals surface area contributed by atoms with Gasteiger partial charge < -0.3 is 19.5 Å². The van der Waals surface area contributed by atoms with Crippen molar-refractivity contribution in [2.24, 2.45) is 5.92 Å². The SMILES string of the molecule is CCCCc1ccn(C2CCC(C)(COC(=O)C(NC(=O)OC(C)(C)C)C(C)C)O2)c(=O)n1. The van der Waals surface area contributed by atoms with Gasteiger partial charge in [0.1, 0.15) is 30.1 Å². The Labute approximate surface area is 196 Å². The van der Waals surface area contributed by atoms with E-state index in [0.29, 0.717) is 12.8 Å². The molecule has 1 aliphatic rings. The molecule has 9 nitrogen and oxygen atoms in total. The van der Waals surface area contributed by atoms with Crippen LogP contribution in [-0.2, 0) is 25.4 Å². The van der Waals surface area contributed by atoms with E-state index < -0.39 is 35.5 Å². The lowest BCUT2D eigenvalue weighted by Gasteiger charge is -2.28. The van der Waals surface area contributed by atoms with Crippen molar-refractivity contribution < 1.29 is 23.8 Å². The number of aryl methyl sites for hydroxylation is 1. The molecule has 3 atom stereocenters. The van der Waals surface area contributed by atoms with Gasteiger partial charge in [0, 0.05) is 11.9 Å². The molecule has 0 saturated carbocycles. The number of carbonyl (C=O) groups excluding carboxylic acids is 2. The maximum Gasteiger partial charge on any atom is 0.408 e. The van der Waals surface area contributed by atoms with Gasteiger partial charge in [-0.25, -0.2) is 14.4 Å². The normalized spacial score (nSPS) is 21.6. The molecule has 0 spiro atoms. The number of nitrogens with zero attached hydrogens (tertiary/aromatic N) is 2. The third kappa shape index (κ3) is 8.14. The highest BCUT2D eigenvalue weighted by Crippen LogP contribution is 2.35. The Morgan fingerprint density at radius 2 is 2.06 bits per heavy atom. The van der Waals surface area contributed by atoms with Crippen LogP contribution < -0.4 is 11.0 Å². The summed E-state index contributed by atoms with van der Waals surface area (Å²) in [6.45, 7) is 12.8. The van der Waals surface area contributed by atoms with Gasteiger partial charge in [0.25, 0.3) is 0 Å². The van der Waals surface area contributed by atoms with Gasteiger partial charge in [-0.15, -0.1) is 0 Å². The van der Waals surface area contributed by atoms with Crippen LogP contribution in [0.5, 0.6) is 0 Å². The van der Waals surface area contributed by atoms with Crippen molar-refractivity contribution in [1.82, 2.24) is 14.9 Å². The molecule has 2 heterocycles. The topological polar surface area (TPSA) is 109 Å². The molecular formula is C24H39N3O6. The zero-order valence-electron chi connectivity index (χ0n) is 21.0. The van der Waals surface area contributed by atoms with Crippen LogP contribution in [0.4, 0.5) is 4.79 Å². The first-order valence-electron chi connectivity index (χ1n) is 11.8. The summed E-state index contributed by atoms with van der Waals surface area (Å²) in [4.78, 5) is 41.4. The van der Waals surface area contributed by atoms with Gasteiger partial charge in [-0.1, -0.05) is 27.2 Å². The van der Waals surface area contributed by atoms with Crippen LogP contribution in [0, 0.1) is 5.92 Å². The minimum Gasteiger partial charge on any atom is -0.461 e. The molecule has 186 valence electrons. The Hall–Kier alpha value is -2.42. The van der Waals surface area contributed by atoms with E-state index in [1.807, 2.05) is 26.8 Å². The first kappa shape index (κ1) is 26.8. The zero-order valence-corrected chi connectivity index (χ0v) is 21.0. The molecule has 1 N–H and O–H groups in total. The van der Waals surface area contributed by atoms with Gasteiger partial charge >= 0.3 is 17.8 Å². The predicted octanol–water partition coefficient (Wildman–Crippen LogP) is 3.75. The number of hydrogen-bond acceptors (Lipinski definition) is 7. The average Bonchev–Trinajstić information content (AvgIpc) is 3.09. The van der Waals surface area contributed by atoms with Crippen LogP contribution >= 0.6 is 0 Å². The minimum absolute atomic E-state index is 0.0122. The van der Waals surface area contributed by atoms with Gasteiger partial charge in [0.05, 0.1) is 0 Å². The van der Waals surface area contributed by atoms with Crippen LogP contribution in [0.25, 0.3) is 0 Å². The van der Waals surface area contributed by atoms with Crippen LogP contribution in [0.15, 0.2) is 17.1 Å². The van der Waals surface area contributed by atoms with Gasteiger partial charge in [-0.3, -0.25) is 4.57 Å². The number of hydrogen-bond donors (Lipinski definition) is 1. The fourth-order valence-corrected chi connectivity index (χ4v) is 3.59. The van der Waals surface area contributed by atoms with E-state index in [1.165, 1.54) is 4.57 Å². The molecule has 2 rings (SSSR count). The largest absolute Gasteiger partial charge is 0.461 e. The Morgan fingerprint density at radius 3 is 2.64 bits per heavy atom. The summed E-state index contributed by atoms with van der Waals surface area (Å²) >= 11 is 0. The zero-order chi connectivity index (χ0) is 24.8. The molecular weight excluding hydrogens is 426 g/mol. The van der Waals surface area contributed by atoms with Crippen LogP contribution in [-0.4, -0.2) is 45.5 Å². The monoisotopic (exact) mass is 465 g/mol. The summed E-state index contributed by atoms with van der Waals surface area (Å²) in [6.07, 6.45) is 4.61. The molecule has 1 aliphatic heterocycles. The van der Waals surface area contributed by atoms with Gasteiger partial charge in [0.15, 0.2) is 0 Å². The van der Waals surface area contributed by atoms with Crippen LogP contribution in [0.3, 0.4) is 0 Å². The number of aromatic nitrogens is 2. The van der Waals surface area contributed by atoms with Gasteiger partial charge in [0.2, 0.25) is 0 Å². The summed E-state index contributed by atoms with van der Waals surface area (Å²) in [7, 11) is 0. The number of nitrogens with one attached hydrogen (secondary N) is 1. The summed E-state index contributed by atoms with van der Waals surface area (Å²) in [5.41, 5.74) is -0.966. The van der Waals surface area contributed by atoms with Crippen molar-refractivity contribution in [3.63, 3.8) is 0 Å². The fourth-order valence-electron chi connectivity index (χ4n) is 3.59. The molecule has 1 aromatic rings. The van der Waals surface area contributed by atoms with Crippen molar-refractivity contribution in [3.05, 3.63) is 28.4 Å². The molecule has 33 heavy (non-hydrogen) atoms. The second-order valence-corrected chi connectivity index (χ2v) is 10.2. The first-order chi connectivity index (χ1) is 15.3. The number of esters is 1.